The van der Waals surface area contributed by atoms with Crippen LogP contribution in [0.25, 0.3) is 11.0 Å². The van der Waals surface area contributed by atoms with Gasteiger partial charge in [-0.3, -0.25) is 9.69 Å². The van der Waals surface area contributed by atoms with E-state index in [1.165, 1.54) is 23.3 Å². The molecule has 0 aliphatic carbocycles. The van der Waals surface area contributed by atoms with E-state index in [9.17, 15) is 9.90 Å². The van der Waals surface area contributed by atoms with Gasteiger partial charge in [-0.05, 0) is 18.2 Å². The Hall–Kier alpha value is -3.07. The Balaban J connectivity index is 1.59. The van der Waals surface area contributed by atoms with E-state index in [1.807, 2.05) is 0 Å². The molecule has 4 rings (SSSR count). The first-order valence-electron chi connectivity index (χ1n) is 10.3. The smallest absolute Gasteiger partial charge is 0.235 e. The number of fused-ring (bicyclic) bond motifs is 1. The van der Waals surface area contributed by atoms with E-state index in [1.54, 1.807) is 31.4 Å². The van der Waals surface area contributed by atoms with E-state index in [-0.39, 0.29) is 23.5 Å². The van der Waals surface area contributed by atoms with Crippen molar-refractivity contribution < 1.29 is 29.0 Å². The molecule has 0 unspecified atom stereocenters. The number of methoxy groups -OCH3 is 1. The fraction of sp³-hybridized carbons (Fsp3) is 0.348. The highest BCUT2D eigenvalue weighted by atomic mass is 16.5. The summed E-state index contributed by atoms with van der Waals surface area (Å²) in [4.78, 5) is 16.5. The molecule has 1 saturated heterocycles. The average molecular weight is 426 g/mol. The van der Waals surface area contributed by atoms with Crippen LogP contribution >= 0.6 is 0 Å². The molecule has 0 saturated carbocycles. The van der Waals surface area contributed by atoms with Gasteiger partial charge in [0.15, 0.2) is 0 Å². The summed E-state index contributed by atoms with van der Waals surface area (Å²) in [5, 5.41) is 22.0. The van der Waals surface area contributed by atoms with E-state index in [2.05, 4.69) is 4.90 Å². The second-order valence-electron chi connectivity index (χ2n) is 7.62. The lowest BCUT2D eigenvalue weighted by molar-refractivity contribution is -0.918. The number of quaternary nitrogens is 1. The van der Waals surface area contributed by atoms with Gasteiger partial charge in [-0.1, -0.05) is 17.9 Å². The predicted molar refractivity (Wildman–Crippen MR) is 113 cm³/mol. The van der Waals surface area contributed by atoms with Crippen LogP contribution in [0.5, 0.6) is 23.0 Å². The van der Waals surface area contributed by atoms with Gasteiger partial charge < -0.3 is 29.0 Å². The Kier molecular flexibility index (Phi) is 6.41. The van der Waals surface area contributed by atoms with Crippen molar-refractivity contribution in [3.63, 3.8) is 0 Å². The molecule has 0 atom stereocenters. The number of rotatable bonds is 7. The van der Waals surface area contributed by atoms with Crippen LogP contribution < -0.4 is 24.9 Å². The minimum Gasteiger partial charge on any atom is -0.872 e. The molecule has 2 aromatic carbocycles. The number of aliphatic hydroxyl groups excluding tert-OH is 1. The molecule has 8 nitrogen and oxygen atoms in total. The standard InChI is InChI=1S/C23H26N2O6/c1-29-16-3-2-4-17(13-16)31-21-15-30-23-18(22(21)28)5-6-20(27)19(23)14-25-9-7-24(8-10-25)11-12-26/h2-6,13,15,26-27H,7-12,14H2,1H3. The molecule has 1 aliphatic heterocycles. The lowest BCUT2D eigenvalue weighted by atomic mass is 10.1. The maximum atomic E-state index is 13.0. The number of hydrogen-bond donors (Lipinski definition) is 2. The molecule has 0 spiro atoms. The number of nitrogens with one attached hydrogen (secondary N) is 1. The van der Waals surface area contributed by atoms with Crippen molar-refractivity contribution in [2.45, 2.75) is 6.54 Å². The first kappa shape index (κ1) is 21.2. The van der Waals surface area contributed by atoms with Crippen molar-refractivity contribution in [2.24, 2.45) is 0 Å². The summed E-state index contributed by atoms with van der Waals surface area (Å²) in [5.74, 6) is 0.984. The molecule has 3 aromatic rings. The van der Waals surface area contributed by atoms with E-state index < -0.39 is 0 Å². The maximum Gasteiger partial charge on any atom is 0.235 e. The molecule has 8 heteroatoms. The van der Waals surface area contributed by atoms with Gasteiger partial charge in [0.25, 0.3) is 0 Å². The minimum atomic E-state index is -0.326. The van der Waals surface area contributed by atoms with Crippen molar-refractivity contribution in [2.75, 3.05) is 46.4 Å². The molecule has 2 N–H and O–H groups in total. The third-order valence-corrected chi connectivity index (χ3v) is 5.64. The van der Waals surface area contributed by atoms with E-state index in [0.717, 1.165) is 26.2 Å². The van der Waals surface area contributed by atoms with Crippen molar-refractivity contribution in [3.05, 3.63) is 58.4 Å². The van der Waals surface area contributed by atoms with E-state index in [0.29, 0.717) is 41.1 Å². The van der Waals surface area contributed by atoms with Crippen molar-refractivity contribution in [1.82, 2.24) is 4.90 Å². The molecule has 1 fully saturated rings. The number of hydrogen-bond acceptors (Lipinski definition) is 7. The van der Waals surface area contributed by atoms with Crippen LogP contribution in [-0.2, 0) is 6.54 Å². The fourth-order valence-corrected chi connectivity index (χ4v) is 3.91. The van der Waals surface area contributed by atoms with Gasteiger partial charge in [0.2, 0.25) is 11.2 Å². The van der Waals surface area contributed by atoms with E-state index >= 15 is 0 Å². The zero-order valence-electron chi connectivity index (χ0n) is 17.4. The summed E-state index contributed by atoms with van der Waals surface area (Å²) in [7, 11) is 1.56. The van der Waals surface area contributed by atoms with Crippen LogP contribution in [0, 0.1) is 0 Å². The van der Waals surface area contributed by atoms with Gasteiger partial charge >= 0.3 is 0 Å². The molecule has 0 radical (unpaired) electrons. The van der Waals surface area contributed by atoms with Gasteiger partial charge in [-0.2, -0.15) is 0 Å². The van der Waals surface area contributed by atoms with Gasteiger partial charge in [0.05, 0.1) is 32.2 Å². The molecule has 0 amide bonds. The zero-order chi connectivity index (χ0) is 21.8. The molecular formula is C23H26N2O6. The van der Waals surface area contributed by atoms with Crippen LogP contribution in [-0.4, -0.2) is 56.4 Å². The highest BCUT2D eigenvalue weighted by Crippen LogP contribution is 2.28. The third-order valence-electron chi connectivity index (χ3n) is 5.64. The van der Waals surface area contributed by atoms with Gasteiger partial charge in [-0.25, -0.2) is 0 Å². The SMILES string of the molecule is COc1cccc(Oc2coc3c(C[NH+]4CCN(CCO)CC4)c([O-])ccc3c2=O)c1. The Morgan fingerprint density at radius 3 is 2.71 bits per heavy atom. The second kappa shape index (κ2) is 9.38. The monoisotopic (exact) mass is 426 g/mol. The molecule has 2 heterocycles. The van der Waals surface area contributed by atoms with Crippen LogP contribution in [0.3, 0.4) is 0 Å². The zero-order valence-corrected chi connectivity index (χ0v) is 17.4. The molecule has 1 aromatic heterocycles. The largest absolute Gasteiger partial charge is 0.872 e. The minimum absolute atomic E-state index is 0.0512. The van der Waals surface area contributed by atoms with Gasteiger partial charge in [0.1, 0.15) is 29.9 Å². The Morgan fingerprint density at radius 1 is 1.19 bits per heavy atom. The average Bonchev–Trinajstić information content (AvgIpc) is 2.79. The number of nitrogens with zero attached hydrogens (tertiary/aromatic N) is 1. The summed E-state index contributed by atoms with van der Waals surface area (Å²) in [6, 6.07) is 9.87. The van der Waals surface area contributed by atoms with Gasteiger partial charge in [0, 0.05) is 31.3 Å². The highest BCUT2D eigenvalue weighted by molar-refractivity contribution is 5.82. The van der Waals surface area contributed by atoms with Gasteiger partial charge in [-0.15, -0.1) is 0 Å². The summed E-state index contributed by atoms with van der Waals surface area (Å²) >= 11 is 0. The summed E-state index contributed by atoms with van der Waals surface area (Å²) in [6.45, 7) is 4.74. The Morgan fingerprint density at radius 2 is 1.97 bits per heavy atom. The normalized spacial score (nSPS) is 15.3. The first-order valence-corrected chi connectivity index (χ1v) is 10.3. The lowest BCUT2D eigenvalue weighted by Crippen LogP contribution is -3.13. The topological polar surface area (TPSA) is 99.6 Å². The molecule has 1 aliphatic rings. The van der Waals surface area contributed by atoms with Crippen molar-refractivity contribution in [3.8, 4) is 23.0 Å². The summed E-state index contributed by atoms with van der Waals surface area (Å²) < 4.78 is 16.7. The van der Waals surface area contributed by atoms with E-state index in [4.69, 9.17) is 19.0 Å². The Labute approximate surface area is 179 Å². The molecular weight excluding hydrogens is 400 g/mol. The van der Waals surface area contributed by atoms with Crippen molar-refractivity contribution >= 4 is 11.0 Å². The maximum absolute atomic E-state index is 13.0. The third kappa shape index (κ3) is 4.66. The Bertz CT molecular complexity index is 1100. The van der Waals surface area contributed by atoms with Crippen LogP contribution in [0.15, 0.2) is 51.9 Å². The second-order valence-corrected chi connectivity index (χ2v) is 7.62. The summed E-state index contributed by atoms with van der Waals surface area (Å²) in [6.07, 6.45) is 1.27. The van der Waals surface area contributed by atoms with Crippen LogP contribution in [0.2, 0.25) is 0 Å². The van der Waals surface area contributed by atoms with Crippen LogP contribution in [0.4, 0.5) is 0 Å². The number of β-amino-alcohol motifs (C(OH)–C–C–N with tert-alkyl or cyclic N) is 1. The molecule has 164 valence electrons. The van der Waals surface area contributed by atoms with Crippen molar-refractivity contribution in [1.29, 1.82) is 0 Å². The molecule has 0 bridgehead atoms. The lowest BCUT2D eigenvalue weighted by Gasteiger charge is -2.32. The fourth-order valence-electron chi connectivity index (χ4n) is 3.91. The number of piperazine rings is 1. The predicted octanol–water partition coefficient (Wildman–Crippen LogP) is 0.360. The number of aliphatic hydroxyl groups is 1. The first-order chi connectivity index (χ1) is 15.1. The van der Waals surface area contributed by atoms with Crippen LogP contribution in [0.1, 0.15) is 5.56 Å². The quantitative estimate of drug-likeness (QED) is 0.563. The molecule has 31 heavy (non-hydrogen) atoms. The number of ether oxygens (including phenoxy) is 2. The summed E-state index contributed by atoms with van der Waals surface area (Å²) in [5.41, 5.74) is 0.502. The highest BCUT2D eigenvalue weighted by Gasteiger charge is 2.22. The number of benzene rings is 2.